The van der Waals surface area contributed by atoms with Crippen LogP contribution in [0, 0.1) is 5.92 Å². The van der Waals surface area contributed by atoms with E-state index < -0.39 is 17.9 Å². The number of rotatable bonds is 4. The maximum Gasteiger partial charge on any atom is 0.326 e. The van der Waals surface area contributed by atoms with Crippen molar-refractivity contribution < 1.29 is 19.1 Å². The first-order valence-electron chi connectivity index (χ1n) is 5.98. The van der Waals surface area contributed by atoms with Gasteiger partial charge in [0.25, 0.3) is 5.91 Å². The van der Waals surface area contributed by atoms with Crippen LogP contribution in [0.5, 0.6) is 0 Å². The highest BCUT2D eigenvalue weighted by molar-refractivity contribution is 6.34. The van der Waals surface area contributed by atoms with Crippen LogP contribution in [0.25, 0.3) is 11.0 Å². The van der Waals surface area contributed by atoms with Crippen LogP contribution in [0.3, 0.4) is 0 Å². The summed E-state index contributed by atoms with van der Waals surface area (Å²) in [6.45, 7) is 3.41. The minimum absolute atomic E-state index is 0.00167. The van der Waals surface area contributed by atoms with Gasteiger partial charge < -0.3 is 14.8 Å². The Bertz CT molecular complexity index is 665. The Hall–Kier alpha value is -2.08. The number of hydrogen-bond donors (Lipinski definition) is 2. The maximum atomic E-state index is 12.0. The zero-order valence-electron chi connectivity index (χ0n) is 10.9. The van der Waals surface area contributed by atoms with E-state index in [-0.39, 0.29) is 16.8 Å². The topological polar surface area (TPSA) is 92.4 Å². The van der Waals surface area contributed by atoms with Crippen LogP contribution < -0.4 is 5.32 Å². The molecule has 0 radical (unpaired) electrons. The third kappa shape index (κ3) is 2.75. The molecule has 2 rings (SSSR count). The van der Waals surface area contributed by atoms with Crippen LogP contribution in [-0.2, 0) is 4.79 Å². The van der Waals surface area contributed by atoms with E-state index in [1.54, 1.807) is 19.9 Å². The van der Waals surface area contributed by atoms with E-state index in [0.29, 0.717) is 11.0 Å². The molecule has 2 heterocycles. The molecular formula is C13H13ClN2O4. The highest BCUT2D eigenvalue weighted by Crippen LogP contribution is 2.24. The summed E-state index contributed by atoms with van der Waals surface area (Å²) in [6, 6.07) is 2.04. The van der Waals surface area contributed by atoms with Crippen molar-refractivity contribution in [3.8, 4) is 0 Å². The average Bonchev–Trinajstić information content (AvgIpc) is 2.80. The quantitative estimate of drug-likeness (QED) is 0.845. The molecule has 0 aliphatic heterocycles. The van der Waals surface area contributed by atoms with Gasteiger partial charge in [0.05, 0.1) is 5.39 Å². The van der Waals surface area contributed by atoms with Crippen molar-refractivity contribution in [1.82, 2.24) is 10.3 Å². The number of aliphatic carboxylic acids is 1. The molecule has 106 valence electrons. The molecule has 1 amide bonds. The molecule has 0 aliphatic carbocycles. The van der Waals surface area contributed by atoms with E-state index in [4.69, 9.17) is 21.1 Å². The molecule has 2 N–H and O–H groups in total. The molecule has 6 nitrogen and oxygen atoms in total. The molecule has 0 spiro atoms. The first kappa shape index (κ1) is 14.3. The number of carboxylic acids is 1. The van der Waals surface area contributed by atoms with Crippen LogP contribution in [0.2, 0.25) is 5.15 Å². The van der Waals surface area contributed by atoms with E-state index >= 15 is 0 Å². The van der Waals surface area contributed by atoms with Crippen LogP contribution in [0.1, 0.15) is 24.4 Å². The fourth-order valence-corrected chi connectivity index (χ4v) is 1.97. The Labute approximate surface area is 119 Å². The Morgan fingerprint density at radius 1 is 1.45 bits per heavy atom. The first-order chi connectivity index (χ1) is 9.40. The summed E-state index contributed by atoms with van der Waals surface area (Å²) in [5.74, 6) is -1.93. The number of carbonyl (C=O) groups excluding carboxylic acids is 1. The lowest BCUT2D eigenvalue weighted by Gasteiger charge is -2.16. The summed E-state index contributed by atoms with van der Waals surface area (Å²) in [5.41, 5.74) is 0.423. The van der Waals surface area contributed by atoms with Crippen LogP contribution in [0.4, 0.5) is 0 Å². The minimum Gasteiger partial charge on any atom is -0.480 e. The molecule has 20 heavy (non-hydrogen) atoms. The summed E-state index contributed by atoms with van der Waals surface area (Å²) in [6.07, 6.45) is 1.46. The van der Waals surface area contributed by atoms with E-state index in [1.165, 1.54) is 12.3 Å². The molecule has 0 bridgehead atoms. The SMILES string of the molecule is CC(C)C(NC(=O)c1cc2c(Cl)nccc2o1)C(=O)O. The number of fused-ring (bicyclic) bond motifs is 1. The van der Waals surface area contributed by atoms with Crippen molar-refractivity contribution in [2.45, 2.75) is 19.9 Å². The van der Waals surface area contributed by atoms with E-state index in [9.17, 15) is 9.59 Å². The maximum absolute atomic E-state index is 12.0. The molecule has 7 heteroatoms. The van der Waals surface area contributed by atoms with Gasteiger partial charge >= 0.3 is 5.97 Å². The predicted octanol–water partition coefficient (Wildman–Crippen LogP) is 2.32. The van der Waals surface area contributed by atoms with Gasteiger partial charge in [0.15, 0.2) is 5.76 Å². The Morgan fingerprint density at radius 3 is 2.70 bits per heavy atom. The number of carbonyl (C=O) groups is 2. The Kier molecular flexibility index (Phi) is 3.94. The van der Waals surface area contributed by atoms with Gasteiger partial charge in [-0.15, -0.1) is 0 Å². The zero-order chi connectivity index (χ0) is 14.9. The van der Waals surface area contributed by atoms with E-state index in [1.807, 2.05) is 0 Å². The number of aromatic nitrogens is 1. The van der Waals surface area contributed by atoms with E-state index in [0.717, 1.165) is 0 Å². The molecule has 0 fully saturated rings. The smallest absolute Gasteiger partial charge is 0.326 e. The van der Waals surface area contributed by atoms with Gasteiger partial charge in [-0.05, 0) is 12.0 Å². The van der Waals surface area contributed by atoms with Gasteiger partial charge in [0.2, 0.25) is 0 Å². The molecule has 0 saturated carbocycles. The highest BCUT2D eigenvalue weighted by Gasteiger charge is 2.25. The zero-order valence-corrected chi connectivity index (χ0v) is 11.6. The van der Waals surface area contributed by atoms with Gasteiger partial charge in [0.1, 0.15) is 16.8 Å². The number of hydrogen-bond acceptors (Lipinski definition) is 4. The second-order valence-corrected chi connectivity index (χ2v) is 5.02. The number of furan rings is 1. The summed E-state index contributed by atoms with van der Waals surface area (Å²) < 4.78 is 5.34. The molecule has 1 unspecified atom stereocenters. The lowest BCUT2D eigenvalue weighted by Crippen LogP contribution is -2.44. The number of pyridine rings is 1. The van der Waals surface area contributed by atoms with Gasteiger partial charge in [-0.3, -0.25) is 4.79 Å². The molecule has 0 aromatic carbocycles. The average molecular weight is 297 g/mol. The van der Waals surface area contributed by atoms with Crippen molar-refractivity contribution in [3.63, 3.8) is 0 Å². The van der Waals surface area contributed by atoms with Gasteiger partial charge in [-0.25, -0.2) is 9.78 Å². The third-order valence-electron chi connectivity index (χ3n) is 2.84. The Balaban J connectivity index is 2.27. The van der Waals surface area contributed by atoms with E-state index in [2.05, 4.69) is 10.3 Å². The van der Waals surface area contributed by atoms with Crippen LogP contribution >= 0.6 is 11.6 Å². The second-order valence-electron chi connectivity index (χ2n) is 4.66. The molecule has 0 saturated heterocycles. The number of nitrogens with one attached hydrogen (secondary N) is 1. The summed E-state index contributed by atoms with van der Waals surface area (Å²) in [5, 5.41) is 12.2. The van der Waals surface area contributed by atoms with Crippen LogP contribution in [-0.4, -0.2) is 28.0 Å². The fraction of sp³-hybridized carbons (Fsp3) is 0.308. The minimum atomic E-state index is -1.09. The molecule has 1 atom stereocenters. The fourth-order valence-electron chi connectivity index (χ4n) is 1.77. The second kappa shape index (κ2) is 5.50. The van der Waals surface area contributed by atoms with Crippen molar-refractivity contribution in [3.05, 3.63) is 29.2 Å². The standard InChI is InChI=1S/C13H13ClN2O4/c1-6(2)10(13(18)19)16-12(17)9-5-7-8(20-9)3-4-15-11(7)14/h3-6,10H,1-2H3,(H,16,17)(H,18,19). The van der Waals surface area contributed by atoms with Gasteiger partial charge in [0, 0.05) is 12.3 Å². The van der Waals surface area contributed by atoms with Crippen molar-refractivity contribution in [1.29, 1.82) is 0 Å². The number of halogens is 1. The Morgan fingerprint density at radius 2 is 2.15 bits per heavy atom. The summed E-state index contributed by atoms with van der Waals surface area (Å²) in [4.78, 5) is 26.9. The lowest BCUT2D eigenvalue weighted by molar-refractivity contribution is -0.140. The van der Waals surface area contributed by atoms with Gasteiger partial charge in [-0.2, -0.15) is 0 Å². The number of carboxylic acid groups (broad SMARTS) is 1. The monoisotopic (exact) mass is 296 g/mol. The summed E-state index contributed by atoms with van der Waals surface area (Å²) >= 11 is 5.88. The van der Waals surface area contributed by atoms with Crippen LogP contribution in [0.15, 0.2) is 22.7 Å². The van der Waals surface area contributed by atoms with Crippen molar-refractivity contribution >= 4 is 34.4 Å². The number of amides is 1. The summed E-state index contributed by atoms with van der Waals surface area (Å²) in [7, 11) is 0. The normalized spacial score (nSPS) is 12.6. The lowest BCUT2D eigenvalue weighted by atomic mass is 10.0. The molecule has 0 aliphatic rings. The molecule has 2 aromatic rings. The molecule has 2 aromatic heterocycles. The third-order valence-corrected chi connectivity index (χ3v) is 3.14. The number of nitrogens with zero attached hydrogens (tertiary/aromatic N) is 1. The first-order valence-corrected chi connectivity index (χ1v) is 6.35. The van der Waals surface area contributed by atoms with Gasteiger partial charge in [-0.1, -0.05) is 25.4 Å². The molecular weight excluding hydrogens is 284 g/mol. The largest absolute Gasteiger partial charge is 0.480 e. The van der Waals surface area contributed by atoms with Crippen molar-refractivity contribution in [2.75, 3.05) is 0 Å². The predicted molar refractivity (Wildman–Crippen MR) is 72.7 cm³/mol. The van der Waals surface area contributed by atoms with Crippen molar-refractivity contribution in [2.24, 2.45) is 5.92 Å². The highest BCUT2D eigenvalue weighted by atomic mass is 35.5.